The van der Waals surface area contributed by atoms with Crippen molar-refractivity contribution in [3.8, 4) is 5.75 Å². The zero-order chi connectivity index (χ0) is 15.1. The molecule has 0 spiro atoms. The van der Waals surface area contributed by atoms with Crippen molar-refractivity contribution in [1.82, 2.24) is 14.9 Å². The average molecular weight is 352 g/mol. The molecule has 0 aliphatic rings. The Hall–Kier alpha value is -1.33. The predicted molar refractivity (Wildman–Crippen MR) is 88.5 cm³/mol. The minimum Gasteiger partial charge on any atom is -0.490 e. The quantitative estimate of drug-likeness (QED) is 0.738. The smallest absolute Gasteiger partial charge is 0.133 e. The monoisotopic (exact) mass is 351 g/mol. The van der Waals surface area contributed by atoms with Crippen LogP contribution in [0.2, 0.25) is 0 Å². The Labute approximate surface area is 134 Å². The molecule has 0 saturated heterocycles. The number of nitrogens with zero attached hydrogens (tertiary/aromatic N) is 2. The fourth-order valence-corrected chi connectivity index (χ4v) is 2.56. The van der Waals surface area contributed by atoms with Crippen molar-refractivity contribution >= 4 is 15.9 Å². The molecule has 0 bridgehead atoms. The summed E-state index contributed by atoms with van der Waals surface area (Å²) >= 11 is 3.56. The summed E-state index contributed by atoms with van der Waals surface area (Å²) in [7, 11) is 0. The van der Waals surface area contributed by atoms with Crippen LogP contribution in [0.4, 0.5) is 0 Å². The van der Waals surface area contributed by atoms with Crippen LogP contribution in [0.15, 0.2) is 41.4 Å². The molecule has 1 aromatic carbocycles. The lowest BCUT2D eigenvalue weighted by molar-refractivity contribution is 0.241. The van der Waals surface area contributed by atoms with Crippen molar-refractivity contribution < 1.29 is 4.74 Å². The number of halogens is 1. The van der Waals surface area contributed by atoms with Gasteiger partial charge in [-0.05, 0) is 60.4 Å². The Morgan fingerprint density at radius 1 is 1.38 bits per heavy atom. The highest BCUT2D eigenvalue weighted by Crippen LogP contribution is 2.26. The second-order valence-corrected chi connectivity index (χ2v) is 6.12. The van der Waals surface area contributed by atoms with Crippen LogP contribution in [0.1, 0.15) is 25.8 Å². The molecule has 0 aliphatic carbocycles. The van der Waals surface area contributed by atoms with Crippen molar-refractivity contribution in [2.75, 3.05) is 6.54 Å². The summed E-state index contributed by atoms with van der Waals surface area (Å²) in [5.41, 5.74) is 1.25. The maximum atomic E-state index is 5.71. The maximum absolute atomic E-state index is 5.71. The molecular weight excluding hydrogens is 330 g/mol. The molecule has 1 aromatic heterocycles. The fraction of sp³-hybridized carbons (Fsp3) is 0.438. The van der Waals surface area contributed by atoms with Gasteiger partial charge in [0, 0.05) is 25.5 Å². The number of hydrogen-bond acceptors (Lipinski definition) is 3. The first-order valence-electron chi connectivity index (χ1n) is 7.26. The highest BCUT2D eigenvalue weighted by atomic mass is 79.9. The van der Waals surface area contributed by atoms with E-state index in [4.69, 9.17) is 4.74 Å². The first-order chi connectivity index (χ1) is 10.1. The molecule has 0 aliphatic heterocycles. The van der Waals surface area contributed by atoms with E-state index in [1.54, 1.807) is 0 Å². The third-order valence-electron chi connectivity index (χ3n) is 3.02. The molecule has 2 aromatic rings. The lowest BCUT2D eigenvalue weighted by Gasteiger charge is -2.13. The first-order valence-corrected chi connectivity index (χ1v) is 8.06. The van der Waals surface area contributed by atoms with Crippen LogP contribution in [-0.4, -0.2) is 22.2 Å². The molecule has 5 heteroatoms. The summed E-state index contributed by atoms with van der Waals surface area (Å²) in [4.78, 5) is 4.03. The third kappa shape index (κ3) is 5.52. The molecule has 0 unspecified atom stereocenters. The highest BCUT2D eigenvalue weighted by molar-refractivity contribution is 9.10. The second kappa shape index (κ2) is 8.20. The van der Waals surface area contributed by atoms with E-state index in [2.05, 4.69) is 42.9 Å². The van der Waals surface area contributed by atoms with E-state index in [0.29, 0.717) is 0 Å². The van der Waals surface area contributed by atoms with Crippen molar-refractivity contribution in [2.45, 2.75) is 39.5 Å². The van der Waals surface area contributed by atoms with Gasteiger partial charge in [0.15, 0.2) is 0 Å². The van der Waals surface area contributed by atoms with Crippen LogP contribution in [0.3, 0.4) is 0 Å². The topological polar surface area (TPSA) is 39.1 Å². The van der Waals surface area contributed by atoms with Gasteiger partial charge in [0.2, 0.25) is 0 Å². The first kappa shape index (κ1) is 16.0. The second-order valence-electron chi connectivity index (χ2n) is 5.26. The number of aromatic nitrogens is 2. The van der Waals surface area contributed by atoms with Crippen LogP contribution in [0.25, 0.3) is 0 Å². The number of hydrogen-bond donors (Lipinski definition) is 1. The van der Waals surface area contributed by atoms with Crippen molar-refractivity contribution in [2.24, 2.45) is 0 Å². The summed E-state index contributed by atoms with van der Waals surface area (Å²) in [6.07, 6.45) is 6.93. The van der Waals surface area contributed by atoms with E-state index in [9.17, 15) is 0 Å². The van der Waals surface area contributed by atoms with Crippen molar-refractivity contribution in [1.29, 1.82) is 0 Å². The molecule has 21 heavy (non-hydrogen) atoms. The Kier molecular flexibility index (Phi) is 6.26. The Morgan fingerprint density at radius 2 is 2.24 bits per heavy atom. The summed E-state index contributed by atoms with van der Waals surface area (Å²) in [6.45, 7) is 6.91. The molecule has 1 heterocycles. The maximum Gasteiger partial charge on any atom is 0.133 e. The molecular formula is C16H22BrN3O. The van der Waals surface area contributed by atoms with Gasteiger partial charge in [-0.1, -0.05) is 6.07 Å². The molecule has 1 N–H and O–H groups in total. The van der Waals surface area contributed by atoms with Crippen LogP contribution >= 0.6 is 15.9 Å². The molecule has 0 radical (unpaired) electrons. The van der Waals surface area contributed by atoms with Gasteiger partial charge in [0.25, 0.3) is 0 Å². The number of aryl methyl sites for hydroxylation is 1. The minimum atomic E-state index is 0.188. The van der Waals surface area contributed by atoms with Gasteiger partial charge >= 0.3 is 0 Å². The Balaban J connectivity index is 1.72. The van der Waals surface area contributed by atoms with Crippen LogP contribution < -0.4 is 10.1 Å². The largest absolute Gasteiger partial charge is 0.490 e. The fourth-order valence-electron chi connectivity index (χ4n) is 2.04. The predicted octanol–water partition coefficient (Wildman–Crippen LogP) is 3.61. The minimum absolute atomic E-state index is 0.188. The SMILES string of the molecule is CC(C)Oc1ccc(CNCCCn2ccnc2)cc1Br. The number of nitrogens with one attached hydrogen (secondary N) is 1. The lowest BCUT2D eigenvalue weighted by Crippen LogP contribution is -2.16. The van der Waals surface area contributed by atoms with Crippen molar-refractivity contribution in [3.63, 3.8) is 0 Å². The number of benzene rings is 1. The van der Waals surface area contributed by atoms with Gasteiger partial charge in [-0.25, -0.2) is 4.98 Å². The molecule has 2 rings (SSSR count). The molecule has 0 fully saturated rings. The van der Waals surface area contributed by atoms with E-state index in [-0.39, 0.29) is 6.10 Å². The van der Waals surface area contributed by atoms with E-state index in [0.717, 1.165) is 36.3 Å². The molecule has 0 amide bonds. The van der Waals surface area contributed by atoms with Gasteiger partial charge in [0.1, 0.15) is 5.75 Å². The van der Waals surface area contributed by atoms with E-state index in [1.165, 1.54) is 5.56 Å². The summed E-state index contributed by atoms with van der Waals surface area (Å²) in [5, 5.41) is 3.46. The Bertz CT molecular complexity index is 540. The zero-order valence-electron chi connectivity index (χ0n) is 12.6. The highest BCUT2D eigenvalue weighted by Gasteiger charge is 2.04. The Morgan fingerprint density at radius 3 is 2.90 bits per heavy atom. The van der Waals surface area contributed by atoms with Gasteiger partial charge in [0.05, 0.1) is 16.9 Å². The number of rotatable bonds is 8. The number of imidazole rings is 1. The molecule has 114 valence electrons. The summed E-state index contributed by atoms with van der Waals surface area (Å²) in [5.74, 6) is 0.897. The van der Waals surface area contributed by atoms with Gasteiger partial charge in [-0.3, -0.25) is 0 Å². The van der Waals surface area contributed by atoms with Crippen molar-refractivity contribution in [3.05, 3.63) is 47.0 Å². The summed E-state index contributed by atoms with van der Waals surface area (Å²) < 4.78 is 8.81. The van der Waals surface area contributed by atoms with Gasteiger partial charge < -0.3 is 14.6 Å². The number of ether oxygens (including phenoxy) is 1. The average Bonchev–Trinajstić information content (AvgIpc) is 2.94. The zero-order valence-corrected chi connectivity index (χ0v) is 14.1. The lowest BCUT2D eigenvalue weighted by atomic mass is 10.2. The van der Waals surface area contributed by atoms with E-state index < -0.39 is 0 Å². The normalized spacial score (nSPS) is 11.0. The van der Waals surface area contributed by atoms with Crippen LogP contribution in [-0.2, 0) is 13.1 Å². The van der Waals surface area contributed by atoms with Gasteiger partial charge in [-0.15, -0.1) is 0 Å². The van der Waals surface area contributed by atoms with Gasteiger partial charge in [-0.2, -0.15) is 0 Å². The van der Waals surface area contributed by atoms with Crippen LogP contribution in [0, 0.1) is 0 Å². The molecule has 0 atom stereocenters. The summed E-state index contributed by atoms with van der Waals surface area (Å²) in [6, 6.07) is 6.23. The molecule has 4 nitrogen and oxygen atoms in total. The molecule has 0 saturated carbocycles. The van der Waals surface area contributed by atoms with Crippen LogP contribution in [0.5, 0.6) is 5.75 Å². The standard InChI is InChI=1S/C16H22BrN3O/c1-13(2)21-16-5-4-14(10-15(16)17)11-18-6-3-8-20-9-7-19-12-20/h4-5,7,9-10,12-13,18H,3,6,8,11H2,1-2H3. The van der Waals surface area contributed by atoms with E-state index in [1.807, 2.05) is 38.6 Å². The third-order valence-corrected chi connectivity index (χ3v) is 3.64. The van der Waals surface area contributed by atoms with E-state index >= 15 is 0 Å².